The van der Waals surface area contributed by atoms with E-state index < -0.39 is 0 Å². The van der Waals surface area contributed by atoms with Gasteiger partial charge < -0.3 is 10.6 Å². The van der Waals surface area contributed by atoms with Crippen LogP contribution in [0.2, 0.25) is 5.02 Å². The number of aromatic nitrogens is 1. The highest BCUT2D eigenvalue weighted by atomic mass is 35.5. The van der Waals surface area contributed by atoms with Gasteiger partial charge >= 0.3 is 0 Å². The summed E-state index contributed by atoms with van der Waals surface area (Å²) in [5, 5.41) is 1.81. The summed E-state index contributed by atoms with van der Waals surface area (Å²) in [7, 11) is 4.08. The fourth-order valence-corrected chi connectivity index (χ4v) is 2.60. The lowest BCUT2D eigenvalue weighted by molar-refractivity contribution is 0.268. The summed E-state index contributed by atoms with van der Waals surface area (Å²) >= 11 is 6.00. The quantitative estimate of drug-likeness (QED) is 0.926. The summed E-state index contributed by atoms with van der Waals surface area (Å²) in [6.45, 7) is 2.02. The number of likely N-dealkylation sites (N-methyl/N-ethyl adjacent to an activating group) is 1. The SMILES string of the molecule is CC(N)C(c1ccnc2cc(Cl)ccc12)N(C)C. The smallest absolute Gasteiger partial charge is 0.0720 e. The Morgan fingerprint density at radius 2 is 2.00 bits per heavy atom. The van der Waals surface area contributed by atoms with E-state index >= 15 is 0 Å². The van der Waals surface area contributed by atoms with E-state index in [0.717, 1.165) is 10.9 Å². The Morgan fingerprint density at radius 1 is 1.28 bits per heavy atom. The van der Waals surface area contributed by atoms with Crippen molar-refractivity contribution in [2.75, 3.05) is 14.1 Å². The van der Waals surface area contributed by atoms with Crippen LogP contribution >= 0.6 is 11.6 Å². The van der Waals surface area contributed by atoms with Crippen LogP contribution in [-0.2, 0) is 0 Å². The van der Waals surface area contributed by atoms with E-state index in [1.54, 1.807) is 0 Å². The molecule has 2 rings (SSSR count). The average Bonchev–Trinajstić information content (AvgIpc) is 2.27. The molecule has 2 unspecified atom stereocenters. The maximum absolute atomic E-state index is 6.10. The maximum Gasteiger partial charge on any atom is 0.0720 e. The molecule has 96 valence electrons. The van der Waals surface area contributed by atoms with Gasteiger partial charge in [-0.2, -0.15) is 0 Å². The first-order valence-electron chi connectivity index (χ1n) is 5.97. The molecule has 2 aromatic rings. The van der Waals surface area contributed by atoms with E-state index in [1.807, 2.05) is 51.5 Å². The Labute approximate surface area is 113 Å². The Kier molecular flexibility index (Phi) is 3.85. The van der Waals surface area contributed by atoms with Gasteiger partial charge in [0.2, 0.25) is 0 Å². The highest BCUT2D eigenvalue weighted by Gasteiger charge is 2.20. The summed E-state index contributed by atoms with van der Waals surface area (Å²) < 4.78 is 0. The number of hydrogen-bond donors (Lipinski definition) is 1. The van der Waals surface area contributed by atoms with Crippen LogP contribution in [0.5, 0.6) is 0 Å². The number of nitrogens with zero attached hydrogens (tertiary/aromatic N) is 2. The molecule has 4 heteroatoms. The topological polar surface area (TPSA) is 42.1 Å². The first-order valence-corrected chi connectivity index (χ1v) is 6.34. The molecule has 0 radical (unpaired) electrons. The molecule has 0 saturated carbocycles. The lowest BCUT2D eigenvalue weighted by Gasteiger charge is -2.29. The fraction of sp³-hybridized carbons (Fsp3) is 0.357. The second-order valence-corrected chi connectivity index (χ2v) is 5.27. The van der Waals surface area contributed by atoms with Crippen LogP contribution in [0.15, 0.2) is 30.5 Å². The van der Waals surface area contributed by atoms with E-state index in [1.165, 1.54) is 5.56 Å². The predicted octanol–water partition coefficient (Wildman–Crippen LogP) is 2.84. The van der Waals surface area contributed by atoms with Crippen molar-refractivity contribution in [3.63, 3.8) is 0 Å². The summed E-state index contributed by atoms with van der Waals surface area (Å²) in [6, 6.07) is 8.03. The summed E-state index contributed by atoms with van der Waals surface area (Å²) in [5.74, 6) is 0. The summed E-state index contributed by atoms with van der Waals surface area (Å²) in [6.07, 6.45) is 1.81. The third-order valence-electron chi connectivity index (χ3n) is 3.11. The molecular weight excluding hydrogens is 246 g/mol. The third-order valence-corrected chi connectivity index (χ3v) is 3.35. The van der Waals surface area contributed by atoms with E-state index in [0.29, 0.717) is 5.02 Å². The number of benzene rings is 1. The van der Waals surface area contributed by atoms with Gasteiger partial charge in [0.1, 0.15) is 0 Å². The highest BCUT2D eigenvalue weighted by molar-refractivity contribution is 6.31. The largest absolute Gasteiger partial charge is 0.326 e. The first-order chi connectivity index (χ1) is 8.50. The normalized spacial score (nSPS) is 15.0. The van der Waals surface area contributed by atoms with Gasteiger partial charge in [0.05, 0.1) is 5.52 Å². The second kappa shape index (κ2) is 5.22. The van der Waals surface area contributed by atoms with E-state index in [9.17, 15) is 0 Å². The number of halogens is 1. The lowest BCUT2D eigenvalue weighted by Crippen LogP contribution is -2.35. The van der Waals surface area contributed by atoms with Crippen molar-refractivity contribution in [3.8, 4) is 0 Å². The second-order valence-electron chi connectivity index (χ2n) is 4.83. The van der Waals surface area contributed by atoms with Crippen LogP contribution in [0.1, 0.15) is 18.5 Å². The molecule has 2 atom stereocenters. The summed E-state index contributed by atoms with van der Waals surface area (Å²) in [5.41, 5.74) is 8.20. The predicted molar refractivity (Wildman–Crippen MR) is 76.8 cm³/mol. The Bertz CT molecular complexity index is 544. The third kappa shape index (κ3) is 2.48. The molecule has 1 aromatic heterocycles. The molecule has 3 nitrogen and oxygen atoms in total. The highest BCUT2D eigenvalue weighted by Crippen LogP contribution is 2.29. The van der Waals surface area contributed by atoms with Gasteiger partial charge in [-0.05, 0) is 44.8 Å². The minimum atomic E-state index is 0.0429. The van der Waals surface area contributed by atoms with Crippen LogP contribution < -0.4 is 5.73 Å². The number of pyridine rings is 1. The molecule has 0 saturated heterocycles. The molecule has 1 aromatic carbocycles. The van der Waals surface area contributed by atoms with Crippen molar-refractivity contribution in [1.29, 1.82) is 0 Å². The van der Waals surface area contributed by atoms with E-state index in [-0.39, 0.29) is 12.1 Å². The summed E-state index contributed by atoms with van der Waals surface area (Å²) in [4.78, 5) is 6.49. The molecule has 0 amide bonds. The first kappa shape index (κ1) is 13.3. The molecule has 0 aliphatic rings. The Hall–Kier alpha value is -1.16. The molecular formula is C14H18ClN3. The van der Waals surface area contributed by atoms with Crippen LogP contribution in [0.3, 0.4) is 0 Å². The van der Waals surface area contributed by atoms with Crippen LogP contribution in [0, 0.1) is 0 Å². The van der Waals surface area contributed by atoms with Crippen LogP contribution in [0.25, 0.3) is 10.9 Å². The molecule has 0 bridgehead atoms. The van der Waals surface area contributed by atoms with E-state index in [2.05, 4.69) is 9.88 Å². The average molecular weight is 264 g/mol. The number of hydrogen-bond acceptors (Lipinski definition) is 3. The van der Waals surface area contributed by atoms with Crippen molar-refractivity contribution >= 4 is 22.5 Å². The zero-order valence-corrected chi connectivity index (χ0v) is 11.6. The molecule has 0 spiro atoms. The van der Waals surface area contributed by atoms with Gasteiger partial charge in [-0.3, -0.25) is 4.98 Å². The number of fused-ring (bicyclic) bond motifs is 1. The van der Waals surface area contributed by atoms with Crippen LogP contribution in [0.4, 0.5) is 0 Å². The van der Waals surface area contributed by atoms with Crippen molar-refractivity contribution in [3.05, 3.63) is 41.0 Å². The minimum Gasteiger partial charge on any atom is -0.326 e. The molecule has 0 aliphatic carbocycles. The molecule has 18 heavy (non-hydrogen) atoms. The van der Waals surface area contributed by atoms with Gasteiger partial charge in [-0.25, -0.2) is 0 Å². The van der Waals surface area contributed by atoms with E-state index in [4.69, 9.17) is 17.3 Å². The lowest BCUT2D eigenvalue weighted by atomic mass is 9.96. The fourth-order valence-electron chi connectivity index (χ4n) is 2.43. The molecule has 0 fully saturated rings. The van der Waals surface area contributed by atoms with Crippen molar-refractivity contribution < 1.29 is 0 Å². The van der Waals surface area contributed by atoms with Gasteiger partial charge in [-0.15, -0.1) is 0 Å². The minimum absolute atomic E-state index is 0.0429. The standard InChI is InChI=1S/C14H18ClN3/c1-9(16)14(18(2)3)12-6-7-17-13-8-10(15)4-5-11(12)13/h4-9,14H,16H2,1-3H3. The van der Waals surface area contributed by atoms with Crippen LogP contribution in [-0.4, -0.2) is 30.0 Å². The maximum atomic E-state index is 6.10. The van der Waals surface area contributed by atoms with Gasteiger partial charge in [0.15, 0.2) is 0 Å². The molecule has 2 N–H and O–H groups in total. The Balaban J connectivity index is 2.63. The zero-order chi connectivity index (χ0) is 13.3. The van der Waals surface area contributed by atoms with Gasteiger partial charge in [-0.1, -0.05) is 17.7 Å². The molecule has 1 heterocycles. The number of rotatable bonds is 3. The number of nitrogens with two attached hydrogens (primary N) is 1. The van der Waals surface area contributed by atoms with Crippen molar-refractivity contribution in [1.82, 2.24) is 9.88 Å². The van der Waals surface area contributed by atoms with Crippen molar-refractivity contribution in [2.45, 2.75) is 19.0 Å². The van der Waals surface area contributed by atoms with Gasteiger partial charge in [0, 0.05) is 28.7 Å². The van der Waals surface area contributed by atoms with Gasteiger partial charge in [0.25, 0.3) is 0 Å². The molecule has 0 aliphatic heterocycles. The Morgan fingerprint density at radius 3 is 2.61 bits per heavy atom. The zero-order valence-electron chi connectivity index (χ0n) is 10.9. The monoisotopic (exact) mass is 263 g/mol. The van der Waals surface area contributed by atoms with Crippen molar-refractivity contribution in [2.24, 2.45) is 5.73 Å².